The highest BCUT2D eigenvalue weighted by Gasteiger charge is 2.29. The van der Waals surface area contributed by atoms with Crippen molar-refractivity contribution in [1.29, 1.82) is 0 Å². The zero-order chi connectivity index (χ0) is 17.1. The number of carbonyl (C=O) groups excluding carboxylic acids is 1. The molecule has 25 heavy (non-hydrogen) atoms. The molecular formula is C18H27ClN4O2. The summed E-state index contributed by atoms with van der Waals surface area (Å²) in [4.78, 5) is 17.4. The lowest BCUT2D eigenvalue weighted by atomic mass is 10.0. The monoisotopic (exact) mass is 366 g/mol. The minimum atomic E-state index is -0.0744. The van der Waals surface area contributed by atoms with E-state index in [9.17, 15) is 4.79 Å². The van der Waals surface area contributed by atoms with Gasteiger partial charge in [0.15, 0.2) is 0 Å². The Hall–Kier alpha value is -1.66. The van der Waals surface area contributed by atoms with E-state index in [1.54, 1.807) is 0 Å². The van der Waals surface area contributed by atoms with Crippen LogP contribution in [0.2, 0.25) is 0 Å². The number of nitrogens with zero attached hydrogens (tertiary/aromatic N) is 2. The Balaban J connectivity index is 0.00000225. The van der Waals surface area contributed by atoms with Crippen LogP contribution < -0.4 is 10.6 Å². The van der Waals surface area contributed by atoms with Gasteiger partial charge in [-0.2, -0.15) is 0 Å². The van der Waals surface area contributed by atoms with E-state index >= 15 is 0 Å². The third-order valence-electron chi connectivity index (χ3n) is 4.39. The Morgan fingerprint density at radius 3 is 2.80 bits per heavy atom. The highest BCUT2D eigenvalue weighted by molar-refractivity contribution is 6.06. The van der Waals surface area contributed by atoms with Crippen LogP contribution in [0.25, 0.3) is 11.1 Å². The van der Waals surface area contributed by atoms with Gasteiger partial charge in [-0.1, -0.05) is 25.4 Å². The van der Waals surface area contributed by atoms with E-state index in [4.69, 9.17) is 4.52 Å². The third-order valence-corrected chi connectivity index (χ3v) is 4.39. The minimum absolute atomic E-state index is 0. The van der Waals surface area contributed by atoms with Crippen LogP contribution in [-0.2, 0) is 6.42 Å². The quantitative estimate of drug-likeness (QED) is 0.749. The van der Waals surface area contributed by atoms with Crippen molar-refractivity contribution in [2.75, 3.05) is 13.1 Å². The standard InChI is InChI=1S/C18H26N4O2.ClH/c1-4-6-14-16-13(17(23)20-10-11(3)19-5-2)9-15(12-7-8-12)21-18(16)24-22-14;/h9,11-12,19H,4-8,10H2,1-3H3,(H,20,23);1H/t11-;/m1./s1. The SMILES string of the molecule is CCCc1noc2nc(C3CC3)cc(C(=O)NC[C@@H](C)NCC)c12.Cl. The summed E-state index contributed by atoms with van der Waals surface area (Å²) in [6.45, 7) is 7.67. The zero-order valence-electron chi connectivity index (χ0n) is 15.1. The summed E-state index contributed by atoms with van der Waals surface area (Å²) in [5, 5.41) is 11.2. The summed E-state index contributed by atoms with van der Waals surface area (Å²) in [5.74, 6) is 0.385. The first kappa shape index (κ1) is 19.7. The number of halogens is 1. The fourth-order valence-electron chi connectivity index (χ4n) is 2.97. The Kier molecular flexibility index (Phi) is 6.79. The smallest absolute Gasteiger partial charge is 0.259 e. The van der Waals surface area contributed by atoms with Crippen LogP contribution in [0, 0.1) is 0 Å². The summed E-state index contributed by atoms with van der Waals surface area (Å²) in [7, 11) is 0. The molecule has 7 heteroatoms. The van der Waals surface area contributed by atoms with Crippen molar-refractivity contribution in [1.82, 2.24) is 20.8 Å². The number of aryl methyl sites for hydroxylation is 1. The van der Waals surface area contributed by atoms with E-state index < -0.39 is 0 Å². The molecule has 1 aliphatic rings. The highest BCUT2D eigenvalue weighted by atomic mass is 35.5. The number of rotatable bonds is 8. The molecule has 0 saturated heterocycles. The van der Waals surface area contributed by atoms with Gasteiger partial charge in [0.1, 0.15) is 0 Å². The number of carbonyl (C=O) groups is 1. The van der Waals surface area contributed by atoms with E-state index in [1.165, 1.54) is 0 Å². The Morgan fingerprint density at radius 1 is 1.40 bits per heavy atom. The Bertz CT molecular complexity index is 727. The fraction of sp³-hybridized carbons (Fsp3) is 0.611. The number of pyridine rings is 1. The molecule has 2 aromatic rings. The van der Waals surface area contributed by atoms with Gasteiger partial charge in [-0.15, -0.1) is 12.4 Å². The first-order valence-corrected chi connectivity index (χ1v) is 8.94. The summed E-state index contributed by atoms with van der Waals surface area (Å²) in [6.07, 6.45) is 4.00. The van der Waals surface area contributed by atoms with Crippen LogP contribution in [0.15, 0.2) is 10.6 Å². The van der Waals surface area contributed by atoms with Gasteiger partial charge in [-0.3, -0.25) is 4.79 Å². The molecule has 2 heterocycles. The summed E-state index contributed by atoms with van der Waals surface area (Å²) < 4.78 is 5.42. The van der Waals surface area contributed by atoms with Crippen LogP contribution in [0.4, 0.5) is 0 Å². The number of hydrogen-bond acceptors (Lipinski definition) is 5. The largest absolute Gasteiger partial charge is 0.350 e. The molecule has 1 fully saturated rings. The van der Waals surface area contributed by atoms with Gasteiger partial charge in [0.05, 0.1) is 16.6 Å². The molecule has 0 radical (unpaired) electrons. The van der Waals surface area contributed by atoms with Gasteiger partial charge in [0.2, 0.25) is 0 Å². The summed E-state index contributed by atoms with van der Waals surface area (Å²) >= 11 is 0. The van der Waals surface area contributed by atoms with E-state index in [-0.39, 0.29) is 24.4 Å². The van der Waals surface area contributed by atoms with Gasteiger partial charge in [-0.25, -0.2) is 4.98 Å². The van der Waals surface area contributed by atoms with Gasteiger partial charge < -0.3 is 15.2 Å². The van der Waals surface area contributed by atoms with Crippen molar-refractivity contribution < 1.29 is 9.32 Å². The van der Waals surface area contributed by atoms with Gasteiger partial charge >= 0.3 is 0 Å². The average Bonchev–Trinajstić information content (AvgIpc) is 3.35. The van der Waals surface area contributed by atoms with Gasteiger partial charge in [0.25, 0.3) is 11.6 Å². The second-order valence-electron chi connectivity index (χ2n) is 6.60. The van der Waals surface area contributed by atoms with E-state index in [1.807, 2.05) is 6.07 Å². The second kappa shape index (κ2) is 8.63. The Labute approximate surface area is 154 Å². The van der Waals surface area contributed by atoms with Crippen molar-refractivity contribution in [3.05, 3.63) is 23.0 Å². The van der Waals surface area contributed by atoms with Crippen molar-refractivity contribution in [2.45, 2.75) is 58.4 Å². The lowest BCUT2D eigenvalue weighted by Gasteiger charge is -2.14. The predicted molar refractivity (Wildman–Crippen MR) is 100 cm³/mol. The zero-order valence-corrected chi connectivity index (χ0v) is 15.9. The molecule has 0 spiro atoms. The first-order chi connectivity index (χ1) is 11.6. The molecule has 0 aliphatic heterocycles. The normalized spacial score (nSPS) is 15.0. The molecule has 0 unspecified atom stereocenters. The molecule has 2 N–H and O–H groups in total. The summed E-state index contributed by atoms with van der Waals surface area (Å²) in [5.41, 5.74) is 2.92. The van der Waals surface area contributed by atoms with Crippen molar-refractivity contribution >= 4 is 29.4 Å². The first-order valence-electron chi connectivity index (χ1n) is 8.94. The molecule has 1 amide bonds. The van der Waals surface area contributed by atoms with Crippen LogP contribution in [0.3, 0.4) is 0 Å². The molecular weight excluding hydrogens is 340 g/mol. The number of amides is 1. The maximum Gasteiger partial charge on any atom is 0.259 e. The lowest BCUT2D eigenvalue weighted by molar-refractivity contribution is 0.0951. The minimum Gasteiger partial charge on any atom is -0.350 e. The van der Waals surface area contributed by atoms with Crippen molar-refractivity contribution in [2.24, 2.45) is 0 Å². The van der Waals surface area contributed by atoms with E-state index in [0.717, 1.165) is 49.0 Å². The number of aromatic nitrogens is 2. The third kappa shape index (κ3) is 4.50. The molecule has 0 aromatic carbocycles. The average molecular weight is 367 g/mol. The molecule has 2 aromatic heterocycles. The van der Waals surface area contributed by atoms with Crippen LogP contribution in [0.1, 0.15) is 67.7 Å². The maximum atomic E-state index is 12.8. The molecule has 1 saturated carbocycles. The fourth-order valence-corrected chi connectivity index (χ4v) is 2.97. The molecule has 0 bridgehead atoms. The lowest BCUT2D eigenvalue weighted by Crippen LogP contribution is -2.38. The van der Waals surface area contributed by atoms with E-state index in [2.05, 4.69) is 41.5 Å². The molecule has 1 atom stereocenters. The molecule has 3 rings (SSSR count). The predicted octanol–water partition coefficient (Wildman–Crippen LogP) is 3.20. The second-order valence-corrected chi connectivity index (χ2v) is 6.60. The van der Waals surface area contributed by atoms with Gasteiger partial charge in [-0.05, 0) is 38.8 Å². The molecule has 138 valence electrons. The van der Waals surface area contributed by atoms with Crippen LogP contribution in [0.5, 0.6) is 0 Å². The molecule has 6 nitrogen and oxygen atoms in total. The van der Waals surface area contributed by atoms with Crippen LogP contribution in [-0.4, -0.2) is 35.2 Å². The summed E-state index contributed by atoms with van der Waals surface area (Å²) in [6, 6.07) is 2.17. The van der Waals surface area contributed by atoms with Gasteiger partial charge in [0, 0.05) is 24.2 Å². The number of nitrogens with one attached hydrogen (secondary N) is 2. The number of fused-ring (bicyclic) bond motifs is 1. The van der Waals surface area contributed by atoms with Crippen molar-refractivity contribution in [3.63, 3.8) is 0 Å². The topological polar surface area (TPSA) is 80.0 Å². The highest BCUT2D eigenvalue weighted by Crippen LogP contribution is 2.40. The number of likely N-dealkylation sites (N-methyl/N-ethyl adjacent to an activating group) is 1. The molecule has 1 aliphatic carbocycles. The number of hydrogen-bond donors (Lipinski definition) is 2. The maximum absolute atomic E-state index is 12.8. The Morgan fingerprint density at radius 2 is 2.16 bits per heavy atom. The van der Waals surface area contributed by atoms with Crippen LogP contribution >= 0.6 is 12.4 Å². The van der Waals surface area contributed by atoms with E-state index in [0.29, 0.717) is 23.7 Å². The van der Waals surface area contributed by atoms with Crippen molar-refractivity contribution in [3.8, 4) is 0 Å².